The van der Waals surface area contributed by atoms with Gasteiger partial charge >= 0.3 is 0 Å². The average Bonchev–Trinajstić information content (AvgIpc) is 2.46. The molecule has 13 heavy (non-hydrogen) atoms. The van der Waals surface area contributed by atoms with E-state index in [0.29, 0.717) is 12.5 Å². The number of hydrogen-bond donors (Lipinski definition) is 1. The van der Waals surface area contributed by atoms with Crippen LogP contribution in [-0.2, 0) is 6.54 Å². The molecule has 1 heterocycles. The third-order valence-electron chi connectivity index (χ3n) is 2.60. The van der Waals surface area contributed by atoms with Crippen molar-refractivity contribution in [3.05, 3.63) is 5.82 Å². The van der Waals surface area contributed by atoms with Crippen LogP contribution in [0.15, 0.2) is 0 Å². The number of aromatic nitrogens is 4. The van der Waals surface area contributed by atoms with Crippen LogP contribution in [0.4, 0.5) is 0 Å². The third kappa shape index (κ3) is 1.70. The van der Waals surface area contributed by atoms with Gasteiger partial charge in [0.25, 0.3) is 0 Å². The predicted molar refractivity (Wildman–Crippen MR) is 48.1 cm³/mol. The Morgan fingerprint density at radius 2 is 2.31 bits per heavy atom. The summed E-state index contributed by atoms with van der Waals surface area (Å²) in [6.07, 6.45) is 4.74. The van der Waals surface area contributed by atoms with Crippen molar-refractivity contribution in [2.75, 3.05) is 6.54 Å². The first-order chi connectivity index (χ1) is 6.42. The summed E-state index contributed by atoms with van der Waals surface area (Å²) < 4.78 is 1.90. The van der Waals surface area contributed by atoms with Gasteiger partial charge in [0, 0.05) is 12.5 Å². The van der Waals surface area contributed by atoms with Crippen LogP contribution in [0, 0.1) is 0 Å². The van der Waals surface area contributed by atoms with E-state index < -0.39 is 0 Å². The zero-order valence-corrected chi connectivity index (χ0v) is 7.69. The Balaban J connectivity index is 2.02. The summed E-state index contributed by atoms with van der Waals surface area (Å²) in [6, 6.07) is 0. The van der Waals surface area contributed by atoms with Gasteiger partial charge in [0.1, 0.15) is 0 Å². The molecule has 1 aromatic heterocycles. The summed E-state index contributed by atoms with van der Waals surface area (Å²) in [5, 5.41) is 11.7. The minimum Gasteiger partial charge on any atom is -0.330 e. The molecule has 1 saturated carbocycles. The van der Waals surface area contributed by atoms with Crippen LogP contribution < -0.4 is 5.73 Å². The molecule has 1 aliphatic carbocycles. The van der Waals surface area contributed by atoms with Crippen LogP contribution in [0.3, 0.4) is 0 Å². The minimum absolute atomic E-state index is 0.604. The Morgan fingerprint density at radius 3 is 2.92 bits per heavy atom. The number of tetrazole rings is 1. The SMILES string of the molecule is NCCCn1nnnc1C1CCC1. The molecule has 1 fully saturated rings. The molecule has 0 unspecified atom stereocenters. The van der Waals surface area contributed by atoms with Crippen molar-refractivity contribution in [2.24, 2.45) is 5.73 Å². The molecule has 0 aromatic carbocycles. The summed E-state index contributed by atoms with van der Waals surface area (Å²) >= 11 is 0. The van der Waals surface area contributed by atoms with Gasteiger partial charge < -0.3 is 5.73 Å². The molecule has 2 rings (SSSR count). The Hall–Kier alpha value is -0.970. The van der Waals surface area contributed by atoms with Crippen molar-refractivity contribution >= 4 is 0 Å². The Morgan fingerprint density at radius 1 is 1.46 bits per heavy atom. The van der Waals surface area contributed by atoms with Crippen molar-refractivity contribution < 1.29 is 0 Å². The smallest absolute Gasteiger partial charge is 0.154 e. The van der Waals surface area contributed by atoms with Crippen LogP contribution >= 0.6 is 0 Å². The molecule has 5 heteroatoms. The summed E-state index contributed by atoms with van der Waals surface area (Å²) in [4.78, 5) is 0. The average molecular weight is 181 g/mol. The van der Waals surface area contributed by atoms with E-state index in [2.05, 4.69) is 15.5 Å². The molecule has 0 radical (unpaired) electrons. The van der Waals surface area contributed by atoms with E-state index in [1.807, 2.05) is 4.68 Å². The molecule has 1 aliphatic rings. The molecule has 0 aliphatic heterocycles. The maximum Gasteiger partial charge on any atom is 0.154 e. The molecule has 1 aromatic rings. The Kier molecular flexibility index (Phi) is 2.54. The Bertz CT molecular complexity index is 265. The molecule has 0 atom stereocenters. The van der Waals surface area contributed by atoms with E-state index >= 15 is 0 Å². The fourth-order valence-electron chi connectivity index (χ4n) is 1.57. The van der Waals surface area contributed by atoms with E-state index in [4.69, 9.17) is 5.73 Å². The first-order valence-corrected chi connectivity index (χ1v) is 4.88. The van der Waals surface area contributed by atoms with Crippen LogP contribution in [0.1, 0.15) is 37.4 Å². The van der Waals surface area contributed by atoms with Gasteiger partial charge in [-0.1, -0.05) is 6.42 Å². The maximum absolute atomic E-state index is 5.44. The summed E-state index contributed by atoms with van der Waals surface area (Å²) in [5.74, 6) is 1.66. The number of aryl methyl sites for hydroxylation is 1. The van der Waals surface area contributed by atoms with Gasteiger partial charge in [-0.05, 0) is 36.2 Å². The standard InChI is InChI=1S/C8H15N5/c9-5-2-6-13-8(10-11-12-13)7-3-1-4-7/h7H,1-6,9H2. The van der Waals surface area contributed by atoms with Crippen molar-refractivity contribution in [1.29, 1.82) is 0 Å². The lowest BCUT2D eigenvalue weighted by Crippen LogP contribution is -2.17. The van der Waals surface area contributed by atoms with Gasteiger partial charge in [-0.15, -0.1) is 5.10 Å². The van der Waals surface area contributed by atoms with Gasteiger partial charge in [0.15, 0.2) is 5.82 Å². The molecule has 0 amide bonds. The quantitative estimate of drug-likeness (QED) is 0.724. The summed E-state index contributed by atoms with van der Waals surface area (Å²) in [5.41, 5.74) is 5.44. The Labute approximate surface area is 77.3 Å². The monoisotopic (exact) mass is 181 g/mol. The predicted octanol–water partition coefficient (Wildman–Crippen LogP) is 0.289. The number of nitrogens with two attached hydrogens (primary N) is 1. The van der Waals surface area contributed by atoms with Crippen molar-refractivity contribution in [2.45, 2.75) is 38.1 Å². The lowest BCUT2D eigenvalue weighted by atomic mass is 9.85. The van der Waals surface area contributed by atoms with E-state index in [1.54, 1.807) is 0 Å². The largest absolute Gasteiger partial charge is 0.330 e. The van der Waals surface area contributed by atoms with Gasteiger partial charge in [0.2, 0.25) is 0 Å². The zero-order chi connectivity index (χ0) is 9.10. The second kappa shape index (κ2) is 3.83. The second-order valence-electron chi connectivity index (χ2n) is 3.53. The van der Waals surface area contributed by atoms with Crippen LogP contribution in [0.2, 0.25) is 0 Å². The second-order valence-corrected chi connectivity index (χ2v) is 3.53. The molecule has 2 N–H and O–H groups in total. The summed E-state index contributed by atoms with van der Waals surface area (Å²) in [7, 11) is 0. The first kappa shape index (κ1) is 8.62. The minimum atomic E-state index is 0.604. The van der Waals surface area contributed by atoms with Crippen LogP contribution in [0.25, 0.3) is 0 Å². The van der Waals surface area contributed by atoms with Crippen molar-refractivity contribution in [3.63, 3.8) is 0 Å². The highest BCUT2D eigenvalue weighted by Gasteiger charge is 2.24. The van der Waals surface area contributed by atoms with Crippen molar-refractivity contribution in [3.8, 4) is 0 Å². The number of hydrogen-bond acceptors (Lipinski definition) is 4. The number of nitrogens with zero attached hydrogens (tertiary/aromatic N) is 4. The van der Waals surface area contributed by atoms with E-state index in [-0.39, 0.29) is 0 Å². The van der Waals surface area contributed by atoms with Crippen molar-refractivity contribution in [1.82, 2.24) is 20.2 Å². The lowest BCUT2D eigenvalue weighted by molar-refractivity contribution is 0.377. The summed E-state index contributed by atoms with van der Waals surface area (Å²) in [6.45, 7) is 1.55. The molecule has 5 nitrogen and oxygen atoms in total. The molecule has 0 saturated heterocycles. The fourth-order valence-corrected chi connectivity index (χ4v) is 1.57. The third-order valence-corrected chi connectivity index (χ3v) is 2.60. The molecule has 72 valence electrons. The fraction of sp³-hybridized carbons (Fsp3) is 0.875. The van der Waals surface area contributed by atoms with Gasteiger partial charge in [-0.2, -0.15) is 0 Å². The topological polar surface area (TPSA) is 69.6 Å². The molecular formula is C8H15N5. The lowest BCUT2D eigenvalue weighted by Gasteiger charge is -2.23. The van der Waals surface area contributed by atoms with E-state index in [1.165, 1.54) is 19.3 Å². The highest BCUT2D eigenvalue weighted by molar-refractivity contribution is 4.98. The highest BCUT2D eigenvalue weighted by atomic mass is 15.5. The van der Waals surface area contributed by atoms with E-state index in [0.717, 1.165) is 18.8 Å². The van der Waals surface area contributed by atoms with Crippen LogP contribution in [0.5, 0.6) is 0 Å². The molecular weight excluding hydrogens is 166 g/mol. The van der Waals surface area contributed by atoms with Gasteiger partial charge in [0.05, 0.1) is 0 Å². The van der Waals surface area contributed by atoms with Crippen LogP contribution in [-0.4, -0.2) is 26.8 Å². The zero-order valence-electron chi connectivity index (χ0n) is 7.69. The van der Waals surface area contributed by atoms with Gasteiger partial charge in [-0.3, -0.25) is 0 Å². The first-order valence-electron chi connectivity index (χ1n) is 4.88. The number of rotatable bonds is 4. The van der Waals surface area contributed by atoms with E-state index in [9.17, 15) is 0 Å². The molecule has 0 spiro atoms. The maximum atomic E-state index is 5.44. The molecule has 0 bridgehead atoms. The van der Waals surface area contributed by atoms with Gasteiger partial charge in [-0.25, -0.2) is 4.68 Å². The highest BCUT2D eigenvalue weighted by Crippen LogP contribution is 2.34. The normalized spacial score (nSPS) is 17.3.